The van der Waals surface area contributed by atoms with Gasteiger partial charge in [0.05, 0.1) is 10.6 Å². The molecule has 6 heteroatoms. The zero-order chi connectivity index (χ0) is 18.0. The van der Waals surface area contributed by atoms with E-state index in [0.29, 0.717) is 23.2 Å². The first-order chi connectivity index (χ1) is 11.4. The summed E-state index contributed by atoms with van der Waals surface area (Å²) in [5, 5.41) is 6.45. The number of sulfone groups is 1. The van der Waals surface area contributed by atoms with E-state index in [-0.39, 0.29) is 11.8 Å². The number of guanidine groups is 1. The molecule has 0 spiro atoms. The topological polar surface area (TPSA) is 70.6 Å². The molecule has 0 aliphatic carbocycles. The van der Waals surface area contributed by atoms with Gasteiger partial charge >= 0.3 is 0 Å². The minimum atomic E-state index is -3.31. The average Bonchev–Trinajstić information content (AvgIpc) is 2.54. The lowest BCUT2D eigenvalue weighted by Crippen LogP contribution is -2.46. The Hall–Kier alpha value is -1.56. The first kappa shape index (κ1) is 20.5. The van der Waals surface area contributed by atoms with Gasteiger partial charge < -0.3 is 10.6 Å². The van der Waals surface area contributed by atoms with Crippen molar-refractivity contribution in [2.24, 2.45) is 10.9 Å². The molecule has 0 fully saturated rings. The van der Waals surface area contributed by atoms with Gasteiger partial charge in [0.1, 0.15) is 0 Å². The van der Waals surface area contributed by atoms with Crippen LogP contribution in [0.4, 0.5) is 0 Å². The zero-order valence-corrected chi connectivity index (χ0v) is 16.1. The summed E-state index contributed by atoms with van der Waals surface area (Å²) < 4.78 is 25.1. The number of rotatable bonds is 9. The Morgan fingerprint density at radius 1 is 1.17 bits per heavy atom. The Bertz CT molecular complexity index is 598. The predicted octanol–water partition coefficient (Wildman–Crippen LogP) is 2.84. The van der Waals surface area contributed by atoms with E-state index in [0.717, 1.165) is 19.5 Å². The van der Waals surface area contributed by atoms with Crippen LogP contribution in [0.1, 0.15) is 40.5 Å². The molecule has 0 bridgehead atoms. The van der Waals surface area contributed by atoms with Crippen LogP contribution in [0.15, 0.2) is 40.2 Å². The highest BCUT2D eigenvalue weighted by Gasteiger charge is 2.20. The molecule has 0 aromatic heterocycles. The lowest BCUT2D eigenvalue weighted by atomic mass is 10.1. The van der Waals surface area contributed by atoms with Crippen LogP contribution in [0.3, 0.4) is 0 Å². The number of aliphatic imine (C=N–C) groups is 1. The van der Waals surface area contributed by atoms with Crippen molar-refractivity contribution in [2.45, 2.75) is 51.5 Å². The molecule has 136 valence electrons. The molecule has 1 aromatic carbocycles. The Morgan fingerprint density at radius 2 is 1.83 bits per heavy atom. The molecule has 0 aliphatic heterocycles. The van der Waals surface area contributed by atoms with Crippen molar-refractivity contribution in [3.05, 3.63) is 30.3 Å². The number of benzene rings is 1. The fraction of sp³-hybridized carbons (Fsp3) is 0.611. The third kappa shape index (κ3) is 7.34. The quantitative estimate of drug-likeness (QED) is 0.529. The van der Waals surface area contributed by atoms with Crippen molar-refractivity contribution in [1.82, 2.24) is 10.6 Å². The summed E-state index contributed by atoms with van der Waals surface area (Å²) in [5.41, 5.74) is 0. The minimum Gasteiger partial charge on any atom is -0.357 e. The second-order valence-corrected chi connectivity index (χ2v) is 8.32. The molecule has 0 saturated carbocycles. The molecule has 0 heterocycles. The van der Waals surface area contributed by atoms with E-state index in [1.807, 2.05) is 19.9 Å². The third-order valence-electron chi connectivity index (χ3n) is 3.68. The van der Waals surface area contributed by atoms with Gasteiger partial charge in [0.15, 0.2) is 15.8 Å². The van der Waals surface area contributed by atoms with Crippen LogP contribution < -0.4 is 10.6 Å². The lowest BCUT2D eigenvalue weighted by Gasteiger charge is -2.20. The second kappa shape index (κ2) is 10.3. The summed E-state index contributed by atoms with van der Waals surface area (Å²) in [6.07, 6.45) is 1.72. The molecule has 1 unspecified atom stereocenters. The van der Waals surface area contributed by atoms with Crippen LogP contribution in [0.25, 0.3) is 0 Å². The molecule has 2 N–H and O–H groups in total. The highest BCUT2D eigenvalue weighted by molar-refractivity contribution is 7.91. The molecule has 1 atom stereocenters. The Balaban J connectivity index is 2.76. The van der Waals surface area contributed by atoms with Crippen molar-refractivity contribution >= 4 is 15.8 Å². The largest absolute Gasteiger partial charge is 0.357 e. The van der Waals surface area contributed by atoms with E-state index in [4.69, 9.17) is 0 Å². The highest BCUT2D eigenvalue weighted by atomic mass is 32.2. The molecule has 24 heavy (non-hydrogen) atoms. The molecular weight excluding hydrogens is 322 g/mol. The van der Waals surface area contributed by atoms with Crippen LogP contribution in [-0.4, -0.2) is 39.3 Å². The van der Waals surface area contributed by atoms with Crippen LogP contribution >= 0.6 is 0 Å². The molecular formula is C18H31N3O2S. The van der Waals surface area contributed by atoms with Crippen LogP contribution in [0, 0.1) is 5.92 Å². The van der Waals surface area contributed by atoms with Gasteiger partial charge in [0, 0.05) is 19.1 Å². The maximum atomic E-state index is 12.5. The number of nitrogens with one attached hydrogen (secondary N) is 2. The van der Waals surface area contributed by atoms with Crippen molar-refractivity contribution < 1.29 is 8.42 Å². The Kier molecular flexibility index (Phi) is 8.82. The first-order valence-corrected chi connectivity index (χ1v) is 10.4. The van der Waals surface area contributed by atoms with Crippen molar-refractivity contribution in [2.75, 3.05) is 18.8 Å². The summed E-state index contributed by atoms with van der Waals surface area (Å²) in [7, 11) is -3.31. The minimum absolute atomic E-state index is 0.0576. The maximum Gasteiger partial charge on any atom is 0.191 e. The van der Waals surface area contributed by atoms with Gasteiger partial charge in [-0.2, -0.15) is 0 Å². The standard InChI is InChI=1S/C18H31N3O2S/c1-5-16(14-24(22,23)17-10-8-7-9-11-17)21-18(19-6-2)20-13-12-15(3)4/h7-11,15-16H,5-6,12-14H2,1-4H3,(H2,19,20,21). The summed E-state index contributed by atoms with van der Waals surface area (Å²) in [6, 6.07) is 8.43. The summed E-state index contributed by atoms with van der Waals surface area (Å²) >= 11 is 0. The maximum absolute atomic E-state index is 12.5. The number of nitrogens with zero attached hydrogens (tertiary/aromatic N) is 1. The monoisotopic (exact) mass is 353 g/mol. The predicted molar refractivity (Wildman–Crippen MR) is 101 cm³/mol. The molecule has 0 amide bonds. The van der Waals surface area contributed by atoms with Crippen molar-refractivity contribution in [3.8, 4) is 0 Å². The van der Waals surface area contributed by atoms with Crippen LogP contribution in [0.2, 0.25) is 0 Å². The molecule has 0 radical (unpaired) electrons. The molecule has 1 aromatic rings. The number of hydrogen-bond acceptors (Lipinski definition) is 3. The van der Waals surface area contributed by atoms with Gasteiger partial charge in [-0.05, 0) is 37.8 Å². The highest BCUT2D eigenvalue weighted by Crippen LogP contribution is 2.12. The van der Waals surface area contributed by atoms with E-state index >= 15 is 0 Å². The second-order valence-electron chi connectivity index (χ2n) is 6.29. The van der Waals surface area contributed by atoms with Gasteiger partial charge in [-0.25, -0.2) is 8.42 Å². The summed E-state index contributed by atoms with van der Waals surface area (Å²) in [5.74, 6) is 1.34. The van der Waals surface area contributed by atoms with E-state index < -0.39 is 9.84 Å². The van der Waals surface area contributed by atoms with Gasteiger partial charge in [0.25, 0.3) is 0 Å². The van der Waals surface area contributed by atoms with Crippen molar-refractivity contribution in [1.29, 1.82) is 0 Å². The molecule has 1 rings (SSSR count). The zero-order valence-electron chi connectivity index (χ0n) is 15.2. The van der Waals surface area contributed by atoms with Gasteiger partial charge in [-0.3, -0.25) is 4.99 Å². The van der Waals surface area contributed by atoms with E-state index in [2.05, 4.69) is 29.5 Å². The van der Waals surface area contributed by atoms with Gasteiger partial charge in [-0.15, -0.1) is 0 Å². The normalized spacial score (nSPS) is 13.8. The van der Waals surface area contributed by atoms with E-state index in [1.165, 1.54) is 0 Å². The summed E-state index contributed by atoms with van der Waals surface area (Å²) in [4.78, 5) is 4.91. The van der Waals surface area contributed by atoms with Crippen LogP contribution in [0.5, 0.6) is 0 Å². The summed E-state index contributed by atoms with van der Waals surface area (Å²) in [6.45, 7) is 9.79. The number of hydrogen-bond donors (Lipinski definition) is 2. The Labute approximate surface area is 146 Å². The van der Waals surface area contributed by atoms with Gasteiger partial charge in [-0.1, -0.05) is 39.0 Å². The Morgan fingerprint density at radius 3 is 2.38 bits per heavy atom. The fourth-order valence-electron chi connectivity index (χ4n) is 2.20. The lowest BCUT2D eigenvalue weighted by molar-refractivity contribution is 0.566. The fourth-order valence-corrected chi connectivity index (χ4v) is 3.81. The third-order valence-corrected chi connectivity index (χ3v) is 5.51. The molecule has 0 saturated heterocycles. The molecule has 5 nitrogen and oxygen atoms in total. The first-order valence-electron chi connectivity index (χ1n) is 8.71. The van der Waals surface area contributed by atoms with E-state index in [1.54, 1.807) is 24.3 Å². The smallest absolute Gasteiger partial charge is 0.191 e. The van der Waals surface area contributed by atoms with E-state index in [9.17, 15) is 8.42 Å². The van der Waals surface area contributed by atoms with Crippen LogP contribution in [-0.2, 0) is 9.84 Å². The van der Waals surface area contributed by atoms with Gasteiger partial charge in [0.2, 0.25) is 0 Å². The average molecular weight is 354 g/mol. The van der Waals surface area contributed by atoms with Crippen molar-refractivity contribution in [3.63, 3.8) is 0 Å². The molecule has 0 aliphatic rings. The SMILES string of the molecule is CCNC(=NCCC(C)C)NC(CC)CS(=O)(=O)c1ccccc1.